The molecule has 0 spiro atoms. The van der Waals surface area contributed by atoms with Crippen molar-refractivity contribution in [1.82, 2.24) is 9.78 Å². The fraction of sp³-hybridized carbons (Fsp3) is 0.706. The molecule has 3 N–H and O–H groups in total. The summed E-state index contributed by atoms with van der Waals surface area (Å²) in [6.07, 6.45) is -8.38. The molecule has 168 valence electrons. The van der Waals surface area contributed by atoms with E-state index in [1.54, 1.807) is 13.8 Å². The second kappa shape index (κ2) is 6.36. The lowest BCUT2D eigenvalue weighted by atomic mass is 9.85. The number of nitrogens with zero attached hydrogens (tertiary/aromatic N) is 2. The smallest absolute Gasteiger partial charge is 0.394 e. The number of aliphatic hydroxyl groups excluding tert-OH is 1. The summed E-state index contributed by atoms with van der Waals surface area (Å²) < 4.78 is 86.0. The number of aromatic nitrogens is 2. The van der Waals surface area contributed by atoms with Gasteiger partial charge in [0.25, 0.3) is 0 Å². The summed E-state index contributed by atoms with van der Waals surface area (Å²) in [6.45, 7) is 4.04. The minimum atomic E-state index is -6.02. The fourth-order valence-electron chi connectivity index (χ4n) is 4.05. The highest BCUT2D eigenvalue weighted by molar-refractivity contribution is 5.58. The van der Waals surface area contributed by atoms with Crippen LogP contribution >= 0.6 is 0 Å². The summed E-state index contributed by atoms with van der Waals surface area (Å²) in [5.41, 5.74) is -4.61. The van der Waals surface area contributed by atoms with Gasteiger partial charge in [0.05, 0.1) is 18.4 Å². The van der Waals surface area contributed by atoms with E-state index in [4.69, 9.17) is 14.2 Å². The largest absolute Gasteiger partial charge is 0.457 e. The molecule has 3 aliphatic rings. The number of ether oxygens (including phenoxy) is 3. The minimum Gasteiger partial charge on any atom is -0.394 e. The predicted octanol–water partition coefficient (Wildman–Crippen LogP) is 2.01. The summed E-state index contributed by atoms with van der Waals surface area (Å²) in [6, 6.07) is 0. The van der Waals surface area contributed by atoms with Crippen LogP contribution in [0.5, 0.6) is 0 Å². The fourth-order valence-corrected chi connectivity index (χ4v) is 4.05. The first-order chi connectivity index (χ1) is 13.7. The molecule has 13 heteroatoms. The molecule has 0 aliphatic carbocycles. The Morgan fingerprint density at radius 2 is 1.83 bits per heavy atom. The zero-order chi connectivity index (χ0) is 22.3. The summed E-state index contributed by atoms with van der Waals surface area (Å²) >= 11 is 0. The van der Waals surface area contributed by atoms with Gasteiger partial charge < -0.3 is 29.7 Å². The number of hydrogen-bond acceptors (Lipinski definition) is 7. The SMILES string of the molecule is CC1=CC(O)(C(F)(F)C(F)(F)F)c2cnn([C@@H]3O[C@H](CO)[C@H]4OC(C)(C)OC34)c2N1. The number of nitrogens with one attached hydrogen (secondary N) is 1. The number of anilines is 1. The summed E-state index contributed by atoms with van der Waals surface area (Å²) in [4.78, 5) is 0. The van der Waals surface area contributed by atoms with Gasteiger partial charge in [-0.2, -0.15) is 27.1 Å². The van der Waals surface area contributed by atoms with Crippen molar-refractivity contribution < 1.29 is 46.4 Å². The van der Waals surface area contributed by atoms with Crippen LogP contribution in [-0.2, 0) is 19.8 Å². The average molecular weight is 441 g/mol. The van der Waals surface area contributed by atoms with Gasteiger partial charge in [-0.05, 0) is 26.8 Å². The van der Waals surface area contributed by atoms with Crippen LogP contribution in [0.3, 0.4) is 0 Å². The van der Waals surface area contributed by atoms with Gasteiger partial charge in [-0.15, -0.1) is 0 Å². The molecule has 4 heterocycles. The zero-order valence-electron chi connectivity index (χ0n) is 16.1. The number of alkyl halides is 5. The first kappa shape index (κ1) is 21.4. The second-order valence-electron chi connectivity index (χ2n) is 7.95. The lowest BCUT2D eigenvalue weighted by molar-refractivity contribution is -0.335. The predicted molar refractivity (Wildman–Crippen MR) is 89.3 cm³/mol. The maximum Gasteiger partial charge on any atom is 0.457 e. The molecule has 0 amide bonds. The third-order valence-electron chi connectivity index (χ3n) is 5.33. The first-order valence-corrected chi connectivity index (χ1v) is 9.05. The van der Waals surface area contributed by atoms with E-state index in [1.807, 2.05) is 0 Å². The number of fused-ring (bicyclic) bond motifs is 2. The van der Waals surface area contributed by atoms with Gasteiger partial charge in [0.2, 0.25) is 0 Å². The molecule has 1 aromatic rings. The standard InChI is InChI=1S/C17H20F5N3O5/c1-7-4-15(27,16(18,19)17(20,21)22)8-5-23-25(12(8)24-7)13-11-10(9(6-26)28-13)29-14(2,3)30-11/h4-5,9-11,13,24,26-27H,6H2,1-3H3/t9-,10-,11?,13-,15?/m1/s1. The lowest BCUT2D eigenvalue weighted by Crippen LogP contribution is -2.55. The normalized spacial score (nSPS) is 35.6. The second-order valence-corrected chi connectivity index (χ2v) is 7.95. The Kier molecular flexibility index (Phi) is 4.54. The molecule has 5 atom stereocenters. The van der Waals surface area contributed by atoms with Crippen molar-refractivity contribution in [2.75, 3.05) is 11.9 Å². The Morgan fingerprint density at radius 1 is 1.20 bits per heavy atom. The van der Waals surface area contributed by atoms with E-state index in [0.717, 1.165) is 10.9 Å². The van der Waals surface area contributed by atoms with Crippen LogP contribution in [-0.4, -0.2) is 62.8 Å². The molecular weight excluding hydrogens is 421 g/mol. The van der Waals surface area contributed by atoms with Crippen molar-refractivity contribution in [3.63, 3.8) is 0 Å². The quantitative estimate of drug-likeness (QED) is 0.618. The third-order valence-corrected chi connectivity index (χ3v) is 5.33. The highest BCUT2D eigenvalue weighted by Crippen LogP contribution is 2.53. The number of halogens is 5. The van der Waals surface area contributed by atoms with Crippen molar-refractivity contribution in [2.45, 2.75) is 68.8 Å². The highest BCUT2D eigenvalue weighted by Gasteiger charge is 2.71. The van der Waals surface area contributed by atoms with Crippen LogP contribution < -0.4 is 5.32 Å². The van der Waals surface area contributed by atoms with Crippen LogP contribution in [0.1, 0.15) is 32.6 Å². The van der Waals surface area contributed by atoms with Crippen LogP contribution in [0.15, 0.2) is 18.0 Å². The van der Waals surface area contributed by atoms with Gasteiger partial charge in [0.15, 0.2) is 17.6 Å². The monoisotopic (exact) mass is 441 g/mol. The Hall–Kier alpha value is -1.80. The molecule has 2 unspecified atom stereocenters. The molecular formula is C17H20F5N3O5. The molecule has 2 saturated heterocycles. The number of hydrogen-bond donors (Lipinski definition) is 3. The maximum absolute atomic E-state index is 14.3. The number of aliphatic hydroxyl groups is 2. The minimum absolute atomic E-state index is 0.146. The van der Waals surface area contributed by atoms with Crippen molar-refractivity contribution in [3.05, 3.63) is 23.5 Å². The molecule has 3 aliphatic heterocycles. The Labute approximate surface area is 167 Å². The molecule has 8 nitrogen and oxygen atoms in total. The Balaban J connectivity index is 1.78. The zero-order valence-corrected chi connectivity index (χ0v) is 16.1. The third kappa shape index (κ3) is 2.87. The summed E-state index contributed by atoms with van der Waals surface area (Å²) in [5.74, 6) is -6.84. The molecule has 4 rings (SSSR count). The molecule has 0 bridgehead atoms. The van der Waals surface area contributed by atoms with Crippen molar-refractivity contribution >= 4 is 5.82 Å². The Bertz CT molecular complexity index is 886. The van der Waals surface area contributed by atoms with E-state index >= 15 is 0 Å². The topological polar surface area (TPSA) is 98.0 Å². The van der Waals surface area contributed by atoms with Gasteiger partial charge in [-0.25, -0.2) is 4.68 Å². The van der Waals surface area contributed by atoms with Gasteiger partial charge in [-0.3, -0.25) is 0 Å². The van der Waals surface area contributed by atoms with E-state index in [1.165, 1.54) is 6.92 Å². The van der Waals surface area contributed by atoms with Crippen LogP contribution in [0.4, 0.5) is 27.8 Å². The molecule has 30 heavy (non-hydrogen) atoms. The van der Waals surface area contributed by atoms with Crippen molar-refractivity contribution in [3.8, 4) is 0 Å². The van der Waals surface area contributed by atoms with E-state index in [0.29, 0.717) is 6.08 Å². The van der Waals surface area contributed by atoms with Gasteiger partial charge in [0, 0.05) is 5.70 Å². The van der Waals surface area contributed by atoms with Crippen LogP contribution in [0.2, 0.25) is 0 Å². The van der Waals surface area contributed by atoms with Crippen LogP contribution in [0, 0.1) is 0 Å². The van der Waals surface area contributed by atoms with Crippen LogP contribution in [0.25, 0.3) is 0 Å². The molecule has 0 saturated carbocycles. The Morgan fingerprint density at radius 3 is 2.43 bits per heavy atom. The van der Waals surface area contributed by atoms with E-state index in [2.05, 4.69) is 10.4 Å². The molecule has 1 aromatic heterocycles. The maximum atomic E-state index is 14.3. The molecule has 0 radical (unpaired) electrons. The summed E-state index contributed by atoms with van der Waals surface area (Å²) in [5, 5.41) is 26.6. The molecule has 2 fully saturated rings. The van der Waals surface area contributed by atoms with Gasteiger partial charge in [-0.1, -0.05) is 0 Å². The van der Waals surface area contributed by atoms with E-state index in [9.17, 15) is 32.2 Å². The van der Waals surface area contributed by atoms with Gasteiger partial charge in [0.1, 0.15) is 24.1 Å². The highest BCUT2D eigenvalue weighted by atomic mass is 19.4. The van der Waals surface area contributed by atoms with Gasteiger partial charge >= 0.3 is 12.1 Å². The van der Waals surface area contributed by atoms with Crippen molar-refractivity contribution in [2.24, 2.45) is 0 Å². The lowest BCUT2D eigenvalue weighted by Gasteiger charge is -2.37. The first-order valence-electron chi connectivity index (χ1n) is 9.05. The number of allylic oxidation sites excluding steroid dienone is 1. The van der Waals surface area contributed by atoms with E-state index < -0.39 is 60.2 Å². The van der Waals surface area contributed by atoms with Crippen molar-refractivity contribution in [1.29, 1.82) is 0 Å². The molecule has 0 aromatic carbocycles. The number of rotatable bonds is 3. The van der Waals surface area contributed by atoms with E-state index in [-0.39, 0.29) is 11.5 Å². The summed E-state index contributed by atoms with van der Waals surface area (Å²) in [7, 11) is 0. The average Bonchev–Trinajstić information content (AvgIpc) is 3.24.